The van der Waals surface area contributed by atoms with Crippen LogP contribution >= 0.6 is 0 Å². The molecule has 2 fully saturated rings. The van der Waals surface area contributed by atoms with Crippen molar-refractivity contribution in [1.29, 1.82) is 0 Å². The molecule has 0 saturated carbocycles. The molecule has 0 radical (unpaired) electrons. The molecule has 3 rings (SSSR count). The van der Waals surface area contributed by atoms with Crippen molar-refractivity contribution in [3.8, 4) is 0 Å². The van der Waals surface area contributed by atoms with Crippen molar-refractivity contribution in [2.24, 2.45) is 11.8 Å². The highest BCUT2D eigenvalue weighted by molar-refractivity contribution is 5.89. The largest absolute Gasteiger partial charge is 0.429 e. The Morgan fingerprint density at radius 2 is 1.46 bits per heavy atom. The van der Waals surface area contributed by atoms with Gasteiger partial charge in [0, 0.05) is 11.8 Å². The molecule has 158 valence electrons. The van der Waals surface area contributed by atoms with Gasteiger partial charge in [-0.15, -0.1) is 0 Å². The van der Waals surface area contributed by atoms with Crippen LogP contribution < -0.4 is 0 Å². The number of ether oxygens (including phenoxy) is 3. The molecule has 8 atom stereocenters. The molecule has 2 heterocycles. The van der Waals surface area contributed by atoms with Crippen LogP contribution in [0.3, 0.4) is 0 Å². The van der Waals surface area contributed by atoms with Crippen molar-refractivity contribution in [1.82, 2.24) is 0 Å². The van der Waals surface area contributed by atoms with Crippen molar-refractivity contribution < 1.29 is 27.8 Å². The Kier molecular flexibility index (Phi) is 8.38. The zero-order valence-corrected chi connectivity index (χ0v) is 17.3. The fraction of sp³-hybridized carbons (Fsp3) is 0.682. The first-order chi connectivity index (χ1) is 13.3. The van der Waals surface area contributed by atoms with E-state index in [1.165, 1.54) is 0 Å². The van der Waals surface area contributed by atoms with Crippen molar-refractivity contribution in [3.05, 3.63) is 35.9 Å². The molecule has 0 aliphatic carbocycles. The van der Waals surface area contributed by atoms with Crippen LogP contribution in [0.15, 0.2) is 30.3 Å². The van der Waals surface area contributed by atoms with Crippen molar-refractivity contribution in [2.75, 3.05) is 0 Å². The van der Waals surface area contributed by atoms with Gasteiger partial charge in [-0.1, -0.05) is 45.9 Å². The topological polar surface area (TPSA) is 44.8 Å². The van der Waals surface area contributed by atoms with Gasteiger partial charge in [0.1, 0.15) is 6.17 Å². The monoisotopic (exact) mass is 398 g/mol. The van der Waals surface area contributed by atoms with E-state index in [0.29, 0.717) is 12.0 Å². The Bertz CT molecular complexity index is 612. The van der Waals surface area contributed by atoms with Gasteiger partial charge in [-0.2, -0.15) is 0 Å². The third kappa shape index (κ3) is 5.29. The average Bonchev–Trinajstić information content (AvgIpc) is 3.13. The third-order valence-electron chi connectivity index (χ3n) is 5.62. The molecule has 2 saturated heterocycles. The van der Waals surface area contributed by atoms with Crippen LogP contribution in [0, 0.1) is 11.8 Å². The molecular weight excluding hydrogens is 366 g/mol. The number of rotatable bonds is 4. The molecule has 0 bridgehead atoms. The van der Waals surface area contributed by atoms with Crippen LogP contribution in [0.5, 0.6) is 0 Å². The molecule has 2 unspecified atom stereocenters. The zero-order chi connectivity index (χ0) is 20.8. The normalized spacial score (nSPS) is 37.2. The summed E-state index contributed by atoms with van der Waals surface area (Å²) in [7, 11) is 0. The molecule has 0 N–H and O–H groups in total. The summed E-state index contributed by atoms with van der Waals surface area (Å²) in [6, 6.07) is 8.53. The van der Waals surface area contributed by atoms with E-state index in [2.05, 4.69) is 0 Å². The second-order valence-electron chi connectivity index (χ2n) is 7.62. The number of halogens is 2. The minimum Gasteiger partial charge on any atom is -0.429 e. The molecule has 0 amide bonds. The highest BCUT2D eigenvalue weighted by Gasteiger charge is 2.43. The number of benzene rings is 1. The lowest BCUT2D eigenvalue weighted by atomic mass is 9.99. The van der Waals surface area contributed by atoms with E-state index < -0.39 is 24.6 Å². The van der Waals surface area contributed by atoms with Gasteiger partial charge in [0.2, 0.25) is 6.29 Å². The minimum atomic E-state index is -1.26. The molecule has 2 aliphatic heterocycles. The Balaban J connectivity index is 0.000000237. The maximum Gasteiger partial charge on any atom is 0.340 e. The second kappa shape index (κ2) is 10.3. The summed E-state index contributed by atoms with van der Waals surface area (Å²) in [6.45, 7) is 9.45. The van der Waals surface area contributed by atoms with E-state index in [-0.39, 0.29) is 30.1 Å². The quantitative estimate of drug-likeness (QED) is 0.661. The highest BCUT2D eigenvalue weighted by Crippen LogP contribution is 2.32. The van der Waals surface area contributed by atoms with Crippen LogP contribution in [0.1, 0.15) is 57.8 Å². The van der Waals surface area contributed by atoms with Crippen LogP contribution in [-0.4, -0.2) is 42.9 Å². The first-order valence-electron chi connectivity index (χ1n) is 10.1. The number of hydrogen-bond acceptors (Lipinski definition) is 4. The minimum absolute atomic E-state index is 0.0833. The third-order valence-corrected chi connectivity index (χ3v) is 5.62. The zero-order valence-electron chi connectivity index (χ0n) is 17.3. The van der Waals surface area contributed by atoms with Gasteiger partial charge in [0.25, 0.3) is 0 Å². The van der Waals surface area contributed by atoms with Crippen LogP contribution in [-0.2, 0) is 14.2 Å². The lowest BCUT2D eigenvalue weighted by molar-refractivity contribution is -0.121. The summed E-state index contributed by atoms with van der Waals surface area (Å²) >= 11 is 0. The number of carbonyl (C=O) groups is 1. The predicted octanol–water partition coefficient (Wildman–Crippen LogP) is 5.11. The van der Waals surface area contributed by atoms with Crippen LogP contribution in [0.25, 0.3) is 0 Å². The van der Waals surface area contributed by atoms with Crippen molar-refractivity contribution >= 4 is 5.97 Å². The van der Waals surface area contributed by atoms with E-state index >= 15 is 0 Å². The molecular formula is C22H32F2O4. The standard InChI is InChI=1S/C14H17FO3.C8H15FO/c1-3-11-9(2)12(15)14(17-11)18-13(16)10-7-5-4-6-8-10;1-4-7-5(2)8(9)6(3)10-7/h4-9,11-12,14H,3H2,1-2H3;5-8H,4H2,1-3H3/t9-,11-,12+,14?;5-,6?,7-,8+/m11/s1. The Morgan fingerprint density at radius 3 is 1.89 bits per heavy atom. The van der Waals surface area contributed by atoms with E-state index in [1.807, 2.05) is 20.8 Å². The number of alkyl halides is 2. The van der Waals surface area contributed by atoms with Crippen LogP contribution in [0.4, 0.5) is 8.78 Å². The fourth-order valence-electron chi connectivity index (χ4n) is 3.71. The second-order valence-corrected chi connectivity index (χ2v) is 7.62. The molecule has 28 heavy (non-hydrogen) atoms. The fourth-order valence-corrected chi connectivity index (χ4v) is 3.71. The van der Waals surface area contributed by atoms with Crippen LogP contribution in [0.2, 0.25) is 0 Å². The van der Waals surface area contributed by atoms with Crippen molar-refractivity contribution in [2.45, 2.75) is 84.4 Å². The summed E-state index contributed by atoms with van der Waals surface area (Å²) in [5, 5.41) is 0. The van der Waals surface area contributed by atoms with Gasteiger partial charge in [-0.25, -0.2) is 13.6 Å². The summed E-state index contributed by atoms with van der Waals surface area (Å²) < 4.78 is 42.8. The lowest BCUT2D eigenvalue weighted by Gasteiger charge is -2.14. The first kappa shape index (κ1) is 22.8. The molecule has 0 aromatic heterocycles. The van der Waals surface area contributed by atoms with Gasteiger partial charge in [0.15, 0.2) is 6.17 Å². The summed E-state index contributed by atoms with van der Waals surface area (Å²) in [4.78, 5) is 11.8. The van der Waals surface area contributed by atoms with Gasteiger partial charge < -0.3 is 14.2 Å². The van der Waals surface area contributed by atoms with Gasteiger partial charge in [-0.3, -0.25) is 0 Å². The molecule has 6 heteroatoms. The Morgan fingerprint density at radius 1 is 0.929 bits per heavy atom. The van der Waals surface area contributed by atoms with Gasteiger partial charge in [0.05, 0.1) is 23.9 Å². The summed E-state index contributed by atoms with van der Waals surface area (Å²) in [6.07, 6.45) is -1.71. The maximum atomic E-state index is 13.9. The molecule has 4 nitrogen and oxygen atoms in total. The summed E-state index contributed by atoms with van der Waals surface area (Å²) in [5.41, 5.74) is 0.404. The molecule has 2 aliphatic rings. The number of carbonyl (C=O) groups excluding carboxylic acids is 1. The molecule has 1 aromatic rings. The Hall–Kier alpha value is -1.53. The molecule has 1 aromatic carbocycles. The van der Waals surface area contributed by atoms with Gasteiger partial charge >= 0.3 is 5.97 Å². The number of esters is 1. The lowest BCUT2D eigenvalue weighted by Crippen LogP contribution is -2.26. The predicted molar refractivity (Wildman–Crippen MR) is 104 cm³/mol. The maximum absolute atomic E-state index is 13.9. The van der Waals surface area contributed by atoms with E-state index in [4.69, 9.17) is 14.2 Å². The average molecular weight is 398 g/mol. The molecule has 0 spiro atoms. The van der Waals surface area contributed by atoms with E-state index in [0.717, 1.165) is 6.42 Å². The van der Waals surface area contributed by atoms with Gasteiger partial charge in [-0.05, 0) is 31.9 Å². The smallest absolute Gasteiger partial charge is 0.340 e. The van der Waals surface area contributed by atoms with E-state index in [9.17, 15) is 13.6 Å². The highest BCUT2D eigenvalue weighted by atomic mass is 19.1. The van der Waals surface area contributed by atoms with Crippen molar-refractivity contribution in [3.63, 3.8) is 0 Å². The first-order valence-corrected chi connectivity index (χ1v) is 10.1. The van der Waals surface area contributed by atoms with E-state index in [1.54, 1.807) is 44.2 Å². The summed E-state index contributed by atoms with van der Waals surface area (Å²) in [5.74, 6) is -0.712. The SMILES string of the molecule is CC[C@H]1OC(C)[C@@H](F)[C@@H]1C.CC[C@H]1OC(OC(=O)c2ccccc2)[C@@H](F)[C@@H]1C. The Labute approximate surface area is 166 Å². The number of hydrogen-bond donors (Lipinski definition) is 0.